The minimum Gasteiger partial charge on any atom is -0.331 e. The maximum absolute atomic E-state index is 5.26. The summed E-state index contributed by atoms with van der Waals surface area (Å²) in [6.07, 6.45) is 23.5. The Balaban J connectivity index is 3.01. The van der Waals surface area contributed by atoms with Crippen molar-refractivity contribution in [3.8, 4) is 0 Å². The molecule has 0 atom stereocenters. The second-order valence-corrected chi connectivity index (χ2v) is 9.31. The standard InChI is InChI=1S/C24H52NO2/c1-5-6-7-8-9-10-11-12-13-14-15-16-17-18-19-20-23-26-27-24-21-22-25(2,3)4/h5-24H2,1-4H3/q+1. The van der Waals surface area contributed by atoms with Crippen molar-refractivity contribution in [3.63, 3.8) is 0 Å². The summed E-state index contributed by atoms with van der Waals surface area (Å²) in [5.74, 6) is 0. The van der Waals surface area contributed by atoms with E-state index in [-0.39, 0.29) is 0 Å². The highest BCUT2D eigenvalue weighted by Crippen LogP contribution is 2.13. The van der Waals surface area contributed by atoms with Crippen LogP contribution in [0.25, 0.3) is 0 Å². The molecule has 0 amide bonds. The molecule has 3 heteroatoms. The van der Waals surface area contributed by atoms with Gasteiger partial charge in [0.25, 0.3) is 0 Å². The van der Waals surface area contributed by atoms with Crippen LogP contribution in [0.5, 0.6) is 0 Å². The third-order valence-corrected chi connectivity index (χ3v) is 5.22. The molecule has 0 aromatic heterocycles. The average Bonchev–Trinajstić information content (AvgIpc) is 2.62. The zero-order valence-electron chi connectivity index (χ0n) is 19.4. The normalized spacial score (nSPS) is 12.0. The molecule has 0 radical (unpaired) electrons. The van der Waals surface area contributed by atoms with Gasteiger partial charge in [0.15, 0.2) is 0 Å². The Morgan fingerprint density at radius 2 is 0.778 bits per heavy atom. The first-order valence-corrected chi connectivity index (χ1v) is 12.1. The monoisotopic (exact) mass is 386 g/mol. The highest BCUT2D eigenvalue weighted by Gasteiger charge is 2.05. The summed E-state index contributed by atoms with van der Waals surface area (Å²) in [4.78, 5) is 10.5. The summed E-state index contributed by atoms with van der Waals surface area (Å²) < 4.78 is 0.989. The van der Waals surface area contributed by atoms with Crippen molar-refractivity contribution in [2.24, 2.45) is 0 Å². The summed E-state index contributed by atoms with van der Waals surface area (Å²) in [6, 6.07) is 0. The fourth-order valence-corrected chi connectivity index (χ4v) is 3.42. The maximum Gasteiger partial charge on any atom is 0.0875 e. The van der Waals surface area contributed by atoms with Gasteiger partial charge >= 0.3 is 0 Å². The molecule has 0 aliphatic rings. The molecular formula is C24H52NO2+. The lowest BCUT2D eigenvalue weighted by molar-refractivity contribution is -0.870. The van der Waals surface area contributed by atoms with Crippen LogP contribution in [-0.4, -0.2) is 45.4 Å². The van der Waals surface area contributed by atoms with Gasteiger partial charge in [0.2, 0.25) is 0 Å². The Hall–Kier alpha value is -0.120. The van der Waals surface area contributed by atoms with Crippen molar-refractivity contribution in [1.29, 1.82) is 0 Å². The van der Waals surface area contributed by atoms with Gasteiger partial charge in [-0.05, 0) is 6.42 Å². The van der Waals surface area contributed by atoms with Crippen LogP contribution >= 0.6 is 0 Å². The van der Waals surface area contributed by atoms with Crippen molar-refractivity contribution < 1.29 is 14.3 Å². The molecule has 0 heterocycles. The Labute approximate surface area is 171 Å². The topological polar surface area (TPSA) is 18.5 Å². The van der Waals surface area contributed by atoms with Crippen LogP contribution in [0.4, 0.5) is 0 Å². The van der Waals surface area contributed by atoms with Gasteiger partial charge in [-0.25, -0.2) is 9.78 Å². The van der Waals surface area contributed by atoms with E-state index in [4.69, 9.17) is 9.78 Å². The smallest absolute Gasteiger partial charge is 0.0875 e. The van der Waals surface area contributed by atoms with E-state index in [1.54, 1.807) is 0 Å². The first kappa shape index (κ1) is 26.9. The second kappa shape index (κ2) is 20.6. The van der Waals surface area contributed by atoms with Gasteiger partial charge < -0.3 is 4.48 Å². The summed E-state index contributed by atoms with van der Waals surface area (Å²) in [6.45, 7) is 4.89. The molecule has 27 heavy (non-hydrogen) atoms. The largest absolute Gasteiger partial charge is 0.331 e. The van der Waals surface area contributed by atoms with Crippen molar-refractivity contribution in [2.75, 3.05) is 40.9 Å². The van der Waals surface area contributed by atoms with Crippen LogP contribution in [0.3, 0.4) is 0 Å². The molecule has 0 aliphatic heterocycles. The molecule has 0 aromatic rings. The predicted molar refractivity (Wildman–Crippen MR) is 119 cm³/mol. The summed E-state index contributed by atoms with van der Waals surface area (Å²) in [5.41, 5.74) is 0. The van der Waals surface area contributed by atoms with Crippen LogP contribution in [0.1, 0.15) is 116 Å². The van der Waals surface area contributed by atoms with Crippen molar-refractivity contribution in [2.45, 2.75) is 116 Å². The highest BCUT2D eigenvalue weighted by molar-refractivity contribution is 4.49. The van der Waals surface area contributed by atoms with Crippen LogP contribution in [0.15, 0.2) is 0 Å². The van der Waals surface area contributed by atoms with Gasteiger partial charge in [-0.3, -0.25) is 0 Å². The Morgan fingerprint density at radius 1 is 0.444 bits per heavy atom. The van der Waals surface area contributed by atoms with E-state index in [1.807, 2.05) is 0 Å². The fraction of sp³-hybridized carbons (Fsp3) is 1.00. The van der Waals surface area contributed by atoms with Gasteiger partial charge in [-0.1, -0.05) is 103 Å². The van der Waals surface area contributed by atoms with Gasteiger partial charge in [-0.2, -0.15) is 0 Å². The van der Waals surface area contributed by atoms with Crippen molar-refractivity contribution in [1.82, 2.24) is 0 Å². The first-order chi connectivity index (χ1) is 13.1. The molecule has 0 saturated carbocycles. The van der Waals surface area contributed by atoms with Crippen LogP contribution < -0.4 is 0 Å². The molecular weight excluding hydrogens is 334 g/mol. The van der Waals surface area contributed by atoms with E-state index >= 15 is 0 Å². The molecule has 0 spiro atoms. The van der Waals surface area contributed by atoms with E-state index in [0.717, 1.165) is 30.5 Å². The van der Waals surface area contributed by atoms with Crippen molar-refractivity contribution >= 4 is 0 Å². The lowest BCUT2D eigenvalue weighted by Crippen LogP contribution is -2.35. The number of rotatable bonds is 22. The molecule has 164 valence electrons. The van der Waals surface area contributed by atoms with Crippen molar-refractivity contribution in [3.05, 3.63) is 0 Å². The van der Waals surface area contributed by atoms with Crippen LogP contribution in [0, 0.1) is 0 Å². The zero-order chi connectivity index (χ0) is 20.1. The molecule has 0 unspecified atom stereocenters. The molecule has 3 nitrogen and oxygen atoms in total. The quantitative estimate of drug-likeness (QED) is 0.0841. The van der Waals surface area contributed by atoms with Gasteiger partial charge in [0.1, 0.15) is 0 Å². The van der Waals surface area contributed by atoms with Gasteiger partial charge in [0.05, 0.1) is 40.9 Å². The summed E-state index contributed by atoms with van der Waals surface area (Å²) in [7, 11) is 6.62. The summed E-state index contributed by atoms with van der Waals surface area (Å²) in [5, 5.41) is 0. The number of hydrogen-bond donors (Lipinski definition) is 0. The number of nitrogens with zero attached hydrogens (tertiary/aromatic N) is 1. The molecule has 0 N–H and O–H groups in total. The Morgan fingerprint density at radius 3 is 1.15 bits per heavy atom. The second-order valence-electron chi connectivity index (χ2n) is 9.31. The van der Waals surface area contributed by atoms with Crippen LogP contribution in [-0.2, 0) is 9.78 Å². The van der Waals surface area contributed by atoms with Gasteiger partial charge in [0, 0.05) is 6.42 Å². The number of unbranched alkanes of at least 4 members (excludes halogenated alkanes) is 15. The minimum absolute atomic E-state index is 0.717. The molecule has 0 aromatic carbocycles. The highest BCUT2D eigenvalue weighted by atomic mass is 17.2. The summed E-state index contributed by atoms with van der Waals surface area (Å²) >= 11 is 0. The van der Waals surface area contributed by atoms with E-state index < -0.39 is 0 Å². The Bertz CT molecular complexity index is 276. The van der Waals surface area contributed by atoms with Crippen LogP contribution in [0.2, 0.25) is 0 Å². The molecule has 0 saturated heterocycles. The Kier molecular flexibility index (Phi) is 20.5. The van der Waals surface area contributed by atoms with E-state index in [2.05, 4.69) is 28.1 Å². The zero-order valence-corrected chi connectivity index (χ0v) is 19.4. The van der Waals surface area contributed by atoms with E-state index in [1.165, 1.54) is 96.3 Å². The van der Waals surface area contributed by atoms with E-state index in [0.29, 0.717) is 6.61 Å². The molecule has 0 fully saturated rings. The predicted octanol–water partition coefficient (Wildman–Crippen LogP) is 7.29. The third kappa shape index (κ3) is 25.9. The SMILES string of the molecule is CCCCCCCCCCCCCCCCCCOOCCC[N+](C)(C)C. The number of quaternary nitrogens is 1. The maximum atomic E-state index is 5.26. The molecule has 0 rings (SSSR count). The third-order valence-electron chi connectivity index (χ3n) is 5.22. The number of hydrogen-bond acceptors (Lipinski definition) is 2. The van der Waals surface area contributed by atoms with Gasteiger partial charge in [-0.15, -0.1) is 0 Å². The minimum atomic E-state index is 0.717. The molecule has 0 aliphatic carbocycles. The lowest BCUT2D eigenvalue weighted by atomic mass is 10.0. The average molecular weight is 387 g/mol. The molecule has 0 bridgehead atoms. The fourth-order valence-electron chi connectivity index (χ4n) is 3.42. The first-order valence-electron chi connectivity index (χ1n) is 12.1. The lowest BCUT2D eigenvalue weighted by Gasteiger charge is -2.23. The van der Waals surface area contributed by atoms with E-state index in [9.17, 15) is 0 Å².